The molecule has 0 saturated carbocycles. The van der Waals surface area contributed by atoms with Gasteiger partial charge in [0.05, 0.1) is 27.0 Å². The van der Waals surface area contributed by atoms with Crippen LogP contribution >= 0.6 is 0 Å². The van der Waals surface area contributed by atoms with E-state index in [9.17, 15) is 4.79 Å². The Hall–Kier alpha value is -2.95. The van der Waals surface area contributed by atoms with Crippen molar-refractivity contribution >= 4 is 17.7 Å². The summed E-state index contributed by atoms with van der Waals surface area (Å²) in [6.07, 6.45) is 3.14. The molecule has 0 aliphatic carbocycles. The van der Waals surface area contributed by atoms with Gasteiger partial charge in [0, 0.05) is 12.1 Å². The summed E-state index contributed by atoms with van der Waals surface area (Å²) in [4.78, 5) is 12.0. The maximum atomic E-state index is 12.0. The largest absolute Gasteiger partial charge is 0.497 e. The summed E-state index contributed by atoms with van der Waals surface area (Å²) in [5.41, 5.74) is 1.42. The fraction of sp³-hybridized carbons (Fsp3) is 0.167. The topological polar surface area (TPSA) is 56.8 Å². The van der Waals surface area contributed by atoms with E-state index in [4.69, 9.17) is 14.2 Å². The molecule has 2 aromatic rings. The average molecular weight is 313 g/mol. The van der Waals surface area contributed by atoms with Crippen molar-refractivity contribution < 1.29 is 19.0 Å². The maximum absolute atomic E-state index is 12.0. The number of carbonyl (C=O) groups is 1. The third-order valence-corrected chi connectivity index (χ3v) is 3.17. The van der Waals surface area contributed by atoms with Gasteiger partial charge in [-0.15, -0.1) is 0 Å². The molecule has 2 aromatic carbocycles. The van der Waals surface area contributed by atoms with E-state index in [0.717, 1.165) is 5.56 Å². The van der Waals surface area contributed by atoms with E-state index >= 15 is 0 Å². The van der Waals surface area contributed by atoms with Crippen molar-refractivity contribution in [1.29, 1.82) is 0 Å². The monoisotopic (exact) mass is 313 g/mol. The molecule has 0 unspecified atom stereocenters. The Labute approximate surface area is 135 Å². The van der Waals surface area contributed by atoms with Crippen molar-refractivity contribution in [2.45, 2.75) is 0 Å². The Morgan fingerprint density at radius 3 is 2.22 bits per heavy atom. The Kier molecular flexibility index (Phi) is 5.63. The van der Waals surface area contributed by atoms with Crippen molar-refractivity contribution in [3.8, 4) is 17.2 Å². The SMILES string of the molecule is COc1cc(C=CC(=O)Nc2ccccc2OC)cc(OC)c1. The summed E-state index contributed by atoms with van der Waals surface area (Å²) >= 11 is 0. The summed E-state index contributed by atoms with van der Waals surface area (Å²) < 4.78 is 15.6. The third-order valence-electron chi connectivity index (χ3n) is 3.17. The summed E-state index contributed by atoms with van der Waals surface area (Å²) in [5.74, 6) is 1.68. The highest BCUT2D eigenvalue weighted by atomic mass is 16.5. The number of benzene rings is 2. The second-order valence-electron chi connectivity index (χ2n) is 4.67. The zero-order valence-corrected chi connectivity index (χ0v) is 13.3. The Morgan fingerprint density at radius 1 is 0.957 bits per heavy atom. The summed E-state index contributed by atoms with van der Waals surface area (Å²) in [6, 6.07) is 12.6. The Bertz CT molecular complexity index is 688. The van der Waals surface area contributed by atoms with Crippen molar-refractivity contribution in [3.05, 3.63) is 54.1 Å². The first kappa shape index (κ1) is 16.4. The van der Waals surface area contributed by atoms with Crippen LogP contribution in [-0.4, -0.2) is 27.2 Å². The molecular weight excluding hydrogens is 294 g/mol. The van der Waals surface area contributed by atoms with Gasteiger partial charge in [-0.05, 0) is 35.9 Å². The van der Waals surface area contributed by atoms with Crippen molar-refractivity contribution in [1.82, 2.24) is 0 Å². The molecule has 0 aliphatic heterocycles. The second kappa shape index (κ2) is 7.89. The standard InChI is InChI=1S/C18H19NO4/c1-21-14-10-13(11-15(12-14)22-2)8-9-18(20)19-16-6-4-5-7-17(16)23-3/h4-12H,1-3H3,(H,19,20). The minimum Gasteiger partial charge on any atom is -0.497 e. The molecule has 0 heterocycles. The van der Waals surface area contributed by atoms with Crippen LogP contribution in [0.5, 0.6) is 17.2 Å². The number of para-hydroxylation sites is 2. The van der Waals surface area contributed by atoms with E-state index in [1.165, 1.54) is 6.08 Å². The third kappa shape index (κ3) is 4.51. The van der Waals surface area contributed by atoms with Gasteiger partial charge in [0.2, 0.25) is 5.91 Å². The van der Waals surface area contributed by atoms with Crippen molar-refractivity contribution in [2.75, 3.05) is 26.6 Å². The van der Waals surface area contributed by atoms with E-state index in [0.29, 0.717) is 22.9 Å². The van der Waals surface area contributed by atoms with Crippen molar-refractivity contribution in [2.24, 2.45) is 0 Å². The fourth-order valence-corrected chi connectivity index (χ4v) is 2.02. The van der Waals surface area contributed by atoms with E-state index in [2.05, 4.69) is 5.32 Å². The van der Waals surface area contributed by atoms with Crippen LogP contribution in [0.1, 0.15) is 5.56 Å². The molecule has 0 spiro atoms. The molecule has 5 nitrogen and oxygen atoms in total. The fourth-order valence-electron chi connectivity index (χ4n) is 2.02. The number of hydrogen-bond acceptors (Lipinski definition) is 4. The van der Waals surface area contributed by atoms with Gasteiger partial charge in [-0.3, -0.25) is 4.79 Å². The van der Waals surface area contributed by atoms with E-state index in [1.54, 1.807) is 45.6 Å². The van der Waals surface area contributed by atoms with Crippen LogP contribution in [0, 0.1) is 0 Å². The summed E-state index contributed by atoms with van der Waals surface area (Å²) in [6.45, 7) is 0. The lowest BCUT2D eigenvalue weighted by Crippen LogP contribution is -2.08. The Balaban J connectivity index is 2.12. The number of anilines is 1. The normalized spacial score (nSPS) is 10.4. The van der Waals surface area contributed by atoms with Gasteiger partial charge < -0.3 is 19.5 Å². The van der Waals surface area contributed by atoms with Gasteiger partial charge in [0.1, 0.15) is 17.2 Å². The van der Waals surface area contributed by atoms with Gasteiger partial charge in [-0.25, -0.2) is 0 Å². The number of methoxy groups -OCH3 is 3. The number of carbonyl (C=O) groups excluding carboxylic acids is 1. The quantitative estimate of drug-likeness (QED) is 0.831. The van der Waals surface area contributed by atoms with Gasteiger partial charge in [-0.1, -0.05) is 12.1 Å². The first-order valence-corrected chi connectivity index (χ1v) is 7.01. The number of nitrogens with one attached hydrogen (secondary N) is 1. The maximum Gasteiger partial charge on any atom is 0.248 e. The van der Waals surface area contributed by atoms with Crippen LogP contribution in [0.15, 0.2) is 48.5 Å². The van der Waals surface area contributed by atoms with Crippen LogP contribution in [-0.2, 0) is 4.79 Å². The predicted octanol–water partition coefficient (Wildman–Crippen LogP) is 3.36. The molecule has 0 atom stereocenters. The van der Waals surface area contributed by atoms with Gasteiger partial charge in [0.15, 0.2) is 0 Å². The lowest BCUT2D eigenvalue weighted by Gasteiger charge is -2.08. The molecule has 5 heteroatoms. The molecule has 0 aromatic heterocycles. The molecule has 1 amide bonds. The second-order valence-corrected chi connectivity index (χ2v) is 4.67. The molecule has 0 saturated heterocycles. The minimum atomic E-state index is -0.253. The molecule has 0 bridgehead atoms. The van der Waals surface area contributed by atoms with E-state index < -0.39 is 0 Å². The molecule has 120 valence electrons. The number of rotatable bonds is 6. The zero-order chi connectivity index (χ0) is 16.7. The molecule has 2 rings (SSSR count). The molecule has 23 heavy (non-hydrogen) atoms. The molecule has 0 radical (unpaired) electrons. The highest BCUT2D eigenvalue weighted by Gasteiger charge is 2.04. The molecule has 0 fully saturated rings. The van der Waals surface area contributed by atoms with Gasteiger partial charge in [0.25, 0.3) is 0 Å². The van der Waals surface area contributed by atoms with Crippen LogP contribution in [0.4, 0.5) is 5.69 Å². The summed E-state index contributed by atoms with van der Waals surface area (Å²) in [7, 11) is 4.72. The average Bonchev–Trinajstić information content (AvgIpc) is 2.60. The highest BCUT2D eigenvalue weighted by Crippen LogP contribution is 2.24. The van der Waals surface area contributed by atoms with Crippen LogP contribution in [0.2, 0.25) is 0 Å². The molecular formula is C18H19NO4. The van der Waals surface area contributed by atoms with Crippen LogP contribution in [0.3, 0.4) is 0 Å². The van der Waals surface area contributed by atoms with Gasteiger partial charge in [-0.2, -0.15) is 0 Å². The summed E-state index contributed by atoms with van der Waals surface area (Å²) in [5, 5.41) is 2.78. The predicted molar refractivity (Wildman–Crippen MR) is 90.2 cm³/mol. The zero-order valence-electron chi connectivity index (χ0n) is 13.3. The molecule has 1 N–H and O–H groups in total. The van der Waals surface area contributed by atoms with E-state index in [-0.39, 0.29) is 5.91 Å². The molecule has 0 aliphatic rings. The van der Waals surface area contributed by atoms with Crippen LogP contribution < -0.4 is 19.5 Å². The smallest absolute Gasteiger partial charge is 0.248 e. The van der Waals surface area contributed by atoms with Gasteiger partial charge >= 0.3 is 0 Å². The first-order chi connectivity index (χ1) is 11.2. The lowest BCUT2D eigenvalue weighted by molar-refractivity contribution is -0.111. The number of hydrogen-bond donors (Lipinski definition) is 1. The van der Waals surface area contributed by atoms with Crippen LogP contribution in [0.25, 0.3) is 6.08 Å². The van der Waals surface area contributed by atoms with E-state index in [1.807, 2.05) is 24.3 Å². The minimum absolute atomic E-state index is 0.253. The lowest BCUT2D eigenvalue weighted by atomic mass is 10.2. The highest BCUT2D eigenvalue weighted by molar-refractivity contribution is 6.02. The Morgan fingerprint density at radius 2 is 1.61 bits per heavy atom. The van der Waals surface area contributed by atoms with Crippen molar-refractivity contribution in [3.63, 3.8) is 0 Å². The number of amides is 1. The number of ether oxygens (including phenoxy) is 3. The first-order valence-electron chi connectivity index (χ1n) is 7.01.